The van der Waals surface area contributed by atoms with Gasteiger partial charge in [0, 0.05) is 40.3 Å². The molecule has 0 atom stereocenters. The monoisotopic (exact) mass is 419 g/mol. The number of rotatable bonds is 4. The van der Waals surface area contributed by atoms with Gasteiger partial charge in [0.25, 0.3) is 0 Å². The van der Waals surface area contributed by atoms with Gasteiger partial charge in [0.2, 0.25) is 5.91 Å². The Morgan fingerprint density at radius 2 is 1.68 bits per heavy atom. The molecule has 2 aromatic carbocycles. The molecule has 3 aromatic rings. The van der Waals surface area contributed by atoms with Crippen molar-refractivity contribution in [3.05, 3.63) is 47.7 Å². The summed E-state index contributed by atoms with van der Waals surface area (Å²) in [5.41, 5.74) is 5.54. The van der Waals surface area contributed by atoms with E-state index >= 15 is 0 Å². The van der Waals surface area contributed by atoms with E-state index in [4.69, 9.17) is 4.98 Å². The third-order valence-corrected chi connectivity index (χ3v) is 5.91. The predicted octanol–water partition coefficient (Wildman–Crippen LogP) is 2.83. The van der Waals surface area contributed by atoms with Crippen LogP contribution in [-0.2, 0) is 4.79 Å². The highest BCUT2D eigenvalue weighted by Gasteiger charge is 2.21. The summed E-state index contributed by atoms with van der Waals surface area (Å²) < 4.78 is 0. The first-order valence-corrected chi connectivity index (χ1v) is 10.6. The van der Waals surface area contributed by atoms with Gasteiger partial charge < -0.3 is 14.9 Å². The van der Waals surface area contributed by atoms with Gasteiger partial charge in [0.05, 0.1) is 23.8 Å². The molecule has 4 rings (SSSR count). The van der Waals surface area contributed by atoms with Crippen molar-refractivity contribution in [2.45, 2.75) is 13.8 Å². The summed E-state index contributed by atoms with van der Waals surface area (Å²) in [6.07, 6.45) is 1.83. The molecule has 0 unspecified atom stereocenters. The smallest absolute Gasteiger partial charge is 0.236 e. The molecule has 1 aromatic heterocycles. The Labute approximate surface area is 182 Å². The van der Waals surface area contributed by atoms with Gasteiger partial charge in [-0.1, -0.05) is 6.07 Å². The van der Waals surface area contributed by atoms with Crippen molar-refractivity contribution in [3.63, 3.8) is 0 Å². The quantitative estimate of drug-likeness (QED) is 0.701. The predicted molar refractivity (Wildman–Crippen MR) is 123 cm³/mol. The molecule has 1 aliphatic rings. The fourth-order valence-electron chi connectivity index (χ4n) is 3.92. The van der Waals surface area contributed by atoms with Crippen LogP contribution < -0.4 is 4.90 Å². The number of aromatic nitrogens is 2. The molecule has 31 heavy (non-hydrogen) atoms. The molecule has 1 saturated heterocycles. The van der Waals surface area contributed by atoms with E-state index in [-0.39, 0.29) is 5.91 Å². The molecule has 1 fully saturated rings. The van der Waals surface area contributed by atoms with Gasteiger partial charge in [-0.2, -0.15) is 0 Å². The number of carbonyl (C=O) groups excluding carboxylic acids is 1. The summed E-state index contributed by atoms with van der Waals surface area (Å²) in [5.74, 6) is 1.34. The van der Waals surface area contributed by atoms with E-state index in [0.717, 1.165) is 65.3 Å². The van der Waals surface area contributed by atoms with Gasteiger partial charge in [0.15, 0.2) is 0 Å². The minimum absolute atomic E-state index is 0.131. The fraction of sp³-hybridized carbons (Fsp3) is 0.375. The maximum absolute atomic E-state index is 12.0. The Morgan fingerprint density at radius 3 is 2.32 bits per heavy atom. The van der Waals surface area contributed by atoms with E-state index in [1.807, 2.05) is 44.3 Å². The molecule has 2 heterocycles. The second-order valence-electron chi connectivity index (χ2n) is 8.44. The van der Waals surface area contributed by atoms with Gasteiger partial charge in [-0.15, -0.1) is 0 Å². The van der Waals surface area contributed by atoms with Crippen LogP contribution in [0.3, 0.4) is 0 Å². The van der Waals surface area contributed by atoms with Crippen molar-refractivity contribution in [1.29, 1.82) is 0 Å². The van der Waals surface area contributed by atoms with Gasteiger partial charge in [-0.25, -0.2) is 4.98 Å². The third kappa shape index (κ3) is 4.46. The lowest BCUT2D eigenvalue weighted by Gasteiger charge is -2.35. The Morgan fingerprint density at radius 1 is 1.00 bits per heavy atom. The topological polar surface area (TPSA) is 72.8 Å². The lowest BCUT2D eigenvalue weighted by Crippen LogP contribution is -2.49. The lowest BCUT2D eigenvalue weighted by molar-refractivity contribution is -0.129. The first-order valence-electron chi connectivity index (χ1n) is 10.6. The van der Waals surface area contributed by atoms with Gasteiger partial charge in [0.1, 0.15) is 11.6 Å². The van der Waals surface area contributed by atoms with Gasteiger partial charge >= 0.3 is 0 Å². The van der Waals surface area contributed by atoms with E-state index in [9.17, 15) is 9.90 Å². The number of amides is 1. The highest BCUT2D eigenvalue weighted by Crippen LogP contribution is 2.30. The van der Waals surface area contributed by atoms with Crippen LogP contribution >= 0.6 is 0 Å². The Hall–Kier alpha value is -3.19. The number of aryl methyl sites for hydroxylation is 2. The van der Waals surface area contributed by atoms with Crippen LogP contribution in [0.15, 0.2) is 36.5 Å². The van der Waals surface area contributed by atoms with Crippen LogP contribution in [0.1, 0.15) is 11.1 Å². The molecule has 1 amide bonds. The van der Waals surface area contributed by atoms with Crippen molar-refractivity contribution >= 4 is 22.8 Å². The fourth-order valence-corrected chi connectivity index (χ4v) is 3.92. The van der Waals surface area contributed by atoms with Crippen LogP contribution in [0.25, 0.3) is 22.2 Å². The number of hydrogen-bond donors (Lipinski definition) is 1. The molecular weight excluding hydrogens is 390 g/mol. The lowest BCUT2D eigenvalue weighted by atomic mass is 9.99. The molecule has 0 saturated carbocycles. The number of likely N-dealkylation sites (N-methyl/N-ethyl adjacent to an activating group) is 1. The zero-order valence-electron chi connectivity index (χ0n) is 18.6. The number of benzene rings is 2. The second-order valence-corrected chi connectivity index (χ2v) is 8.44. The summed E-state index contributed by atoms with van der Waals surface area (Å²) in [6.45, 7) is 7.57. The van der Waals surface area contributed by atoms with Gasteiger partial charge in [-0.05, 0) is 60.4 Å². The normalized spacial score (nSPS) is 14.8. The second kappa shape index (κ2) is 8.51. The van der Waals surface area contributed by atoms with Crippen molar-refractivity contribution in [2.24, 2.45) is 0 Å². The number of anilines is 1. The van der Waals surface area contributed by atoms with Gasteiger partial charge in [-0.3, -0.25) is 14.7 Å². The van der Waals surface area contributed by atoms with E-state index in [2.05, 4.69) is 20.9 Å². The number of phenols is 1. The van der Waals surface area contributed by atoms with Crippen molar-refractivity contribution < 1.29 is 9.90 Å². The first-order chi connectivity index (χ1) is 14.8. The molecule has 1 aliphatic heterocycles. The molecule has 0 radical (unpaired) electrons. The summed E-state index contributed by atoms with van der Waals surface area (Å²) in [4.78, 5) is 27.5. The number of fused-ring (bicyclic) bond motifs is 1. The highest BCUT2D eigenvalue weighted by molar-refractivity contribution is 5.83. The number of hydrogen-bond acceptors (Lipinski definition) is 6. The Balaban J connectivity index is 1.54. The third-order valence-electron chi connectivity index (χ3n) is 5.91. The minimum atomic E-state index is 0.131. The Bertz CT molecular complexity index is 1100. The Kier molecular flexibility index (Phi) is 5.78. The molecule has 7 nitrogen and oxygen atoms in total. The number of piperazine rings is 1. The first kappa shape index (κ1) is 21.1. The summed E-state index contributed by atoms with van der Waals surface area (Å²) in [5, 5.41) is 10.1. The van der Waals surface area contributed by atoms with Crippen molar-refractivity contribution in [1.82, 2.24) is 19.8 Å². The highest BCUT2D eigenvalue weighted by atomic mass is 16.3. The molecule has 1 N–H and O–H groups in total. The van der Waals surface area contributed by atoms with E-state index in [1.54, 1.807) is 19.0 Å². The molecule has 0 spiro atoms. The van der Waals surface area contributed by atoms with Crippen LogP contribution in [0.4, 0.5) is 5.82 Å². The summed E-state index contributed by atoms with van der Waals surface area (Å²) in [6, 6.07) is 10.1. The number of carbonyl (C=O) groups is 1. The zero-order chi connectivity index (χ0) is 22.1. The van der Waals surface area contributed by atoms with E-state index in [0.29, 0.717) is 12.3 Å². The largest absolute Gasteiger partial charge is 0.507 e. The van der Waals surface area contributed by atoms with E-state index < -0.39 is 0 Å². The van der Waals surface area contributed by atoms with Crippen LogP contribution in [0.5, 0.6) is 5.75 Å². The van der Waals surface area contributed by atoms with Crippen molar-refractivity contribution in [2.75, 3.05) is 51.7 Å². The molecule has 0 bridgehead atoms. The number of nitrogens with zero attached hydrogens (tertiary/aromatic N) is 5. The summed E-state index contributed by atoms with van der Waals surface area (Å²) in [7, 11) is 3.58. The number of aromatic hydroxyl groups is 1. The standard InChI is InChI=1S/C24H29N5O2/c1-16-11-19(12-17(2)24(16)31)18-5-6-20-21(13-18)26-22(14-25-20)29-9-7-28(8-10-29)15-23(30)27(3)4/h5-6,11-14,31H,7-10,15H2,1-4H3. The van der Waals surface area contributed by atoms with Crippen LogP contribution in [0.2, 0.25) is 0 Å². The molecular formula is C24H29N5O2. The maximum Gasteiger partial charge on any atom is 0.236 e. The number of phenolic OH excluding ortho intramolecular Hbond substituents is 1. The zero-order valence-corrected chi connectivity index (χ0v) is 18.6. The van der Waals surface area contributed by atoms with Crippen LogP contribution in [0, 0.1) is 13.8 Å². The maximum atomic E-state index is 12.0. The average Bonchev–Trinajstić information content (AvgIpc) is 2.76. The van der Waals surface area contributed by atoms with E-state index in [1.165, 1.54) is 0 Å². The van der Waals surface area contributed by atoms with Crippen molar-refractivity contribution in [3.8, 4) is 16.9 Å². The SMILES string of the molecule is Cc1cc(-c2ccc3ncc(N4CCN(CC(=O)N(C)C)CC4)nc3c2)cc(C)c1O. The minimum Gasteiger partial charge on any atom is -0.507 e. The summed E-state index contributed by atoms with van der Waals surface area (Å²) >= 11 is 0. The molecule has 0 aliphatic carbocycles. The molecule has 162 valence electrons. The van der Waals surface area contributed by atoms with Crippen LogP contribution in [-0.4, -0.2) is 77.6 Å². The molecule has 7 heteroatoms. The average molecular weight is 420 g/mol.